The SMILES string of the molecule is COc1ccc(C2CCCN2Cc2ccc(-n3cccn3)cc2)cc1. The number of methoxy groups -OCH3 is 1. The molecule has 0 radical (unpaired) electrons. The summed E-state index contributed by atoms with van der Waals surface area (Å²) in [5.41, 5.74) is 3.82. The van der Waals surface area contributed by atoms with Crippen molar-refractivity contribution < 1.29 is 4.74 Å². The van der Waals surface area contributed by atoms with Gasteiger partial charge in [-0.05, 0) is 60.8 Å². The molecular weight excluding hydrogens is 310 g/mol. The molecule has 0 spiro atoms. The molecule has 4 heteroatoms. The number of benzene rings is 2. The van der Waals surface area contributed by atoms with Crippen molar-refractivity contribution in [2.24, 2.45) is 0 Å². The van der Waals surface area contributed by atoms with Crippen molar-refractivity contribution in [3.05, 3.63) is 78.1 Å². The molecule has 1 aliphatic heterocycles. The summed E-state index contributed by atoms with van der Waals surface area (Å²) in [4.78, 5) is 2.57. The standard InChI is InChI=1S/C21H23N3O/c1-25-20-11-7-18(8-12-20)21-4-2-14-23(21)16-17-5-9-19(10-6-17)24-15-3-13-22-24/h3,5-13,15,21H,2,4,14,16H2,1H3. The van der Waals surface area contributed by atoms with E-state index in [0.717, 1.165) is 24.5 Å². The molecule has 4 rings (SSSR count). The Hall–Kier alpha value is -2.59. The first-order chi connectivity index (χ1) is 12.3. The number of hydrogen-bond donors (Lipinski definition) is 0. The summed E-state index contributed by atoms with van der Waals surface area (Å²) in [7, 11) is 1.71. The maximum atomic E-state index is 5.28. The van der Waals surface area contributed by atoms with E-state index in [-0.39, 0.29) is 0 Å². The Kier molecular flexibility index (Phi) is 4.53. The average Bonchev–Trinajstić information content (AvgIpc) is 3.35. The predicted molar refractivity (Wildman–Crippen MR) is 98.9 cm³/mol. The Balaban J connectivity index is 1.47. The first-order valence-electron chi connectivity index (χ1n) is 8.80. The van der Waals surface area contributed by atoms with Gasteiger partial charge in [-0.1, -0.05) is 24.3 Å². The second kappa shape index (κ2) is 7.11. The van der Waals surface area contributed by atoms with Crippen LogP contribution >= 0.6 is 0 Å². The highest BCUT2D eigenvalue weighted by atomic mass is 16.5. The molecule has 4 nitrogen and oxygen atoms in total. The second-order valence-electron chi connectivity index (χ2n) is 6.52. The minimum Gasteiger partial charge on any atom is -0.497 e. The summed E-state index contributed by atoms with van der Waals surface area (Å²) < 4.78 is 7.16. The lowest BCUT2D eigenvalue weighted by Gasteiger charge is -2.25. The molecule has 128 valence electrons. The summed E-state index contributed by atoms with van der Waals surface area (Å²) >= 11 is 0. The Labute approximate surface area is 148 Å². The van der Waals surface area contributed by atoms with Gasteiger partial charge in [-0.25, -0.2) is 4.68 Å². The Bertz CT molecular complexity index is 794. The molecule has 1 aromatic heterocycles. The van der Waals surface area contributed by atoms with Crippen molar-refractivity contribution in [2.45, 2.75) is 25.4 Å². The zero-order valence-corrected chi connectivity index (χ0v) is 14.5. The van der Waals surface area contributed by atoms with E-state index in [0.29, 0.717) is 6.04 Å². The largest absolute Gasteiger partial charge is 0.497 e. The van der Waals surface area contributed by atoms with Crippen molar-refractivity contribution in [3.63, 3.8) is 0 Å². The Morgan fingerprint density at radius 3 is 2.56 bits per heavy atom. The van der Waals surface area contributed by atoms with E-state index in [1.165, 1.54) is 24.0 Å². The number of aromatic nitrogens is 2. The predicted octanol–water partition coefficient (Wildman–Crippen LogP) is 4.22. The van der Waals surface area contributed by atoms with E-state index in [2.05, 4.69) is 58.5 Å². The fraction of sp³-hybridized carbons (Fsp3) is 0.286. The van der Waals surface area contributed by atoms with Gasteiger partial charge in [0.25, 0.3) is 0 Å². The monoisotopic (exact) mass is 333 g/mol. The minimum absolute atomic E-state index is 0.497. The van der Waals surface area contributed by atoms with Gasteiger partial charge in [0.15, 0.2) is 0 Å². The number of likely N-dealkylation sites (tertiary alicyclic amines) is 1. The second-order valence-corrected chi connectivity index (χ2v) is 6.52. The molecule has 2 heterocycles. The molecule has 0 amide bonds. The average molecular weight is 333 g/mol. The number of rotatable bonds is 5. The van der Waals surface area contributed by atoms with Crippen LogP contribution in [0.15, 0.2) is 67.0 Å². The van der Waals surface area contributed by atoms with E-state index < -0.39 is 0 Å². The fourth-order valence-electron chi connectivity index (χ4n) is 3.63. The molecule has 1 saturated heterocycles. The zero-order valence-electron chi connectivity index (χ0n) is 14.5. The molecule has 0 bridgehead atoms. The summed E-state index contributed by atoms with van der Waals surface area (Å²) in [6, 6.07) is 19.7. The summed E-state index contributed by atoms with van der Waals surface area (Å²) in [5.74, 6) is 0.919. The van der Waals surface area contributed by atoms with Gasteiger partial charge in [-0.15, -0.1) is 0 Å². The van der Waals surface area contributed by atoms with Crippen LogP contribution in [0.4, 0.5) is 0 Å². The highest BCUT2D eigenvalue weighted by Gasteiger charge is 2.25. The third-order valence-corrected chi connectivity index (χ3v) is 4.96. The molecule has 0 saturated carbocycles. The van der Waals surface area contributed by atoms with Gasteiger partial charge < -0.3 is 4.74 Å². The van der Waals surface area contributed by atoms with Gasteiger partial charge >= 0.3 is 0 Å². The van der Waals surface area contributed by atoms with Gasteiger partial charge in [-0.2, -0.15) is 5.10 Å². The topological polar surface area (TPSA) is 30.3 Å². The van der Waals surface area contributed by atoms with Crippen LogP contribution in [0.2, 0.25) is 0 Å². The normalized spacial score (nSPS) is 17.7. The molecule has 0 N–H and O–H groups in total. The third-order valence-electron chi connectivity index (χ3n) is 4.96. The van der Waals surface area contributed by atoms with E-state index in [1.807, 2.05) is 16.9 Å². The van der Waals surface area contributed by atoms with E-state index in [1.54, 1.807) is 13.3 Å². The quantitative estimate of drug-likeness (QED) is 0.700. The van der Waals surface area contributed by atoms with Gasteiger partial charge in [-0.3, -0.25) is 4.90 Å². The van der Waals surface area contributed by atoms with Crippen LogP contribution in [0.25, 0.3) is 5.69 Å². The first-order valence-corrected chi connectivity index (χ1v) is 8.80. The van der Waals surface area contributed by atoms with Crippen molar-refractivity contribution in [1.29, 1.82) is 0 Å². The Morgan fingerprint density at radius 2 is 1.88 bits per heavy atom. The highest BCUT2D eigenvalue weighted by Crippen LogP contribution is 2.33. The van der Waals surface area contributed by atoms with Crippen molar-refractivity contribution in [2.75, 3.05) is 13.7 Å². The lowest BCUT2D eigenvalue weighted by molar-refractivity contribution is 0.248. The number of hydrogen-bond acceptors (Lipinski definition) is 3. The van der Waals surface area contributed by atoms with Crippen LogP contribution in [0, 0.1) is 0 Å². The molecule has 1 atom stereocenters. The van der Waals surface area contributed by atoms with Crippen molar-refractivity contribution >= 4 is 0 Å². The lowest BCUT2D eigenvalue weighted by Crippen LogP contribution is -2.22. The minimum atomic E-state index is 0.497. The molecular formula is C21H23N3O. The van der Waals surface area contributed by atoms with Gasteiger partial charge in [0.05, 0.1) is 12.8 Å². The van der Waals surface area contributed by atoms with Gasteiger partial charge in [0.2, 0.25) is 0 Å². The van der Waals surface area contributed by atoms with Gasteiger partial charge in [0, 0.05) is 25.0 Å². The smallest absolute Gasteiger partial charge is 0.118 e. The number of nitrogens with zero attached hydrogens (tertiary/aromatic N) is 3. The Morgan fingerprint density at radius 1 is 1.08 bits per heavy atom. The summed E-state index contributed by atoms with van der Waals surface area (Å²) in [5, 5.41) is 4.28. The molecule has 3 aromatic rings. The maximum absolute atomic E-state index is 5.28. The van der Waals surface area contributed by atoms with E-state index >= 15 is 0 Å². The van der Waals surface area contributed by atoms with E-state index in [4.69, 9.17) is 4.74 Å². The third kappa shape index (κ3) is 3.44. The maximum Gasteiger partial charge on any atom is 0.118 e. The first kappa shape index (κ1) is 15.9. The van der Waals surface area contributed by atoms with Crippen LogP contribution in [-0.4, -0.2) is 28.3 Å². The lowest BCUT2D eigenvalue weighted by atomic mass is 10.0. The van der Waals surface area contributed by atoms with Crippen LogP contribution in [0.5, 0.6) is 5.75 Å². The fourth-order valence-corrected chi connectivity index (χ4v) is 3.63. The number of ether oxygens (including phenoxy) is 1. The highest BCUT2D eigenvalue weighted by molar-refractivity contribution is 5.34. The molecule has 1 fully saturated rings. The van der Waals surface area contributed by atoms with Crippen LogP contribution in [-0.2, 0) is 6.54 Å². The van der Waals surface area contributed by atoms with E-state index in [9.17, 15) is 0 Å². The molecule has 0 aliphatic carbocycles. The molecule has 1 aliphatic rings. The molecule has 1 unspecified atom stereocenters. The van der Waals surface area contributed by atoms with Crippen LogP contribution < -0.4 is 4.74 Å². The van der Waals surface area contributed by atoms with Crippen molar-refractivity contribution in [1.82, 2.24) is 14.7 Å². The van der Waals surface area contributed by atoms with Crippen LogP contribution in [0.3, 0.4) is 0 Å². The van der Waals surface area contributed by atoms with Crippen LogP contribution in [0.1, 0.15) is 30.0 Å². The molecule has 25 heavy (non-hydrogen) atoms. The summed E-state index contributed by atoms with van der Waals surface area (Å²) in [6.07, 6.45) is 6.24. The molecule has 2 aromatic carbocycles. The summed E-state index contributed by atoms with van der Waals surface area (Å²) in [6.45, 7) is 2.13. The zero-order chi connectivity index (χ0) is 17.1. The van der Waals surface area contributed by atoms with Gasteiger partial charge in [0.1, 0.15) is 5.75 Å². The van der Waals surface area contributed by atoms with Crippen molar-refractivity contribution in [3.8, 4) is 11.4 Å².